The maximum Gasteiger partial charge on any atom is 0.254 e. The fourth-order valence-electron chi connectivity index (χ4n) is 1.87. The first-order valence-corrected chi connectivity index (χ1v) is 7.00. The van der Waals surface area contributed by atoms with Crippen molar-refractivity contribution in [2.45, 2.75) is 26.7 Å². The Kier molecular flexibility index (Phi) is 6.56. The zero-order valence-electron chi connectivity index (χ0n) is 12.2. The molecule has 0 aromatic heterocycles. The number of nitrogen functional groups attached to an aromatic ring is 1. The van der Waals surface area contributed by atoms with Gasteiger partial charge in [0, 0.05) is 24.3 Å². The van der Waals surface area contributed by atoms with Crippen molar-refractivity contribution in [2.75, 3.05) is 25.4 Å². The Morgan fingerprint density at radius 3 is 2.60 bits per heavy atom. The molecule has 3 N–H and O–H groups in total. The normalized spacial score (nSPS) is 10.1. The molecule has 0 radical (unpaired) electrons. The molecule has 5 heteroatoms. The first kappa shape index (κ1) is 16.0. The topological polar surface area (TPSA) is 75.4 Å². The maximum atomic E-state index is 12.4. The molecule has 0 heterocycles. The molecule has 20 heavy (non-hydrogen) atoms. The summed E-state index contributed by atoms with van der Waals surface area (Å²) in [5.74, 6) is -0.289. The quantitative estimate of drug-likeness (QED) is 0.744. The van der Waals surface area contributed by atoms with Crippen molar-refractivity contribution < 1.29 is 9.59 Å². The molecule has 1 rings (SSSR count). The molecule has 0 saturated carbocycles. The van der Waals surface area contributed by atoms with Crippen LogP contribution >= 0.6 is 0 Å². The van der Waals surface area contributed by atoms with Gasteiger partial charge in [0.25, 0.3) is 5.91 Å². The summed E-state index contributed by atoms with van der Waals surface area (Å²) in [6, 6.07) is 6.82. The van der Waals surface area contributed by atoms with Crippen molar-refractivity contribution >= 4 is 17.5 Å². The average Bonchev–Trinajstić information content (AvgIpc) is 2.44. The summed E-state index contributed by atoms with van der Waals surface area (Å²) in [5, 5.41) is 2.78. The van der Waals surface area contributed by atoms with Crippen LogP contribution in [0.3, 0.4) is 0 Å². The van der Waals surface area contributed by atoms with Crippen LogP contribution < -0.4 is 11.1 Å². The third-order valence-corrected chi connectivity index (χ3v) is 2.82. The molecule has 0 spiro atoms. The lowest BCUT2D eigenvalue weighted by Crippen LogP contribution is -2.41. The summed E-state index contributed by atoms with van der Waals surface area (Å²) < 4.78 is 0. The molecule has 0 aliphatic heterocycles. The molecule has 110 valence electrons. The molecule has 0 atom stereocenters. The average molecular weight is 277 g/mol. The van der Waals surface area contributed by atoms with E-state index in [1.807, 2.05) is 13.8 Å². The highest BCUT2D eigenvalue weighted by Crippen LogP contribution is 2.10. The van der Waals surface area contributed by atoms with E-state index in [1.165, 1.54) is 0 Å². The molecule has 0 aliphatic carbocycles. The lowest BCUT2D eigenvalue weighted by Gasteiger charge is -2.21. The number of amides is 2. The molecule has 0 saturated heterocycles. The molecule has 1 aromatic rings. The van der Waals surface area contributed by atoms with E-state index in [4.69, 9.17) is 5.73 Å². The van der Waals surface area contributed by atoms with E-state index in [1.54, 1.807) is 29.2 Å². The summed E-state index contributed by atoms with van der Waals surface area (Å²) in [5.41, 5.74) is 6.75. The van der Waals surface area contributed by atoms with Gasteiger partial charge < -0.3 is 16.0 Å². The molecule has 0 fully saturated rings. The van der Waals surface area contributed by atoms with E-state index in [-0.39, 0.29) is 18.4 Å². The number of carbonyl (C=O) groups excluding carboxylic acids is 2. The molecule has 0 unspecified atom stereocenters. The molecule has 0 bridgehead atoms. The number of benzene rings is 1. The maximum absolute atomic E-state index is 12.4. The van der Waals surface area contributed by atoms with Crippen molar-refractivity contribution in [3.05, 3.63) is 29.8 Å². The largest absolute Gasteiger partial charge is 0.399 e. The predicted molar refractivity (Wildman–Crippen MR) is 80.3 cm³/mol. The zero-order valence-corrected chi connectivity index (χ0v) is 12.2. The molecule has 1 aromatic carbocycles. The number of nitrogens with zero attached hydrogens (tertiary/aromatic N) is 1. The highest BCUT2D eigenvalue weighted by atomic mass is 16.2. The van der Waals surface area contributed by atoms with E-state index in [0.717, 1.165) is 12.8 Å². The van der Waals surface area contributed by atoms with Crippen LogP contribution in [0.5, 0.6) is 0 Å². The number of hydrogen-bond acceptors (Lipinski definition) is 3. The van der Waals surface area contributed by atoms with Crippen molar-refractivity contribution in [3.63, 3.8) is 0 Å². The van der Waals surface area contributed by atoms with Crippen LogP contribution in [0.2, 0.25) is 0 Å². The lowest BCUT2D eigenvalue weighted by atomic mass is 10.1. The summed E-state index contributed by atoms with van der Waals surface area (Å²) in [7, 11) is 0. The van der Waals surface area contributed by atoms with E-state index < -0.39 is 0 Å². The van der Waals surface area contributed by atoms with Crippen molar-refractivity contribution in [2.24, 2.45) is 0 Å². The summed E-state index contributed by atoms with van der Waals surface area (Å²) >= 11 is 0. The summed E-state index contributed by atoms with van der Waals surface area (Å²) in [4.78, 5) is 25.7. The third-order valence-electron chi connectivity index (χ3n) is 2.82. The molecule has 0 aliphatic rings. The molecule has 2 amide bonds. The minimum absolute atomic E-state index is 0.0848. The van der Waals surface area contributed by atoms with Crippen molar-refractivity contribution in [3.8, 4) is 0 Å². The van der Waals surface area contributed by atoms with Gasteiger partial charge in [0.05, 0.1) is 6.54 Å². The SMILES string of the molecule is CCCNC(=O)CN(CCC)C(=O)c1cccc(N)c1. The second kappa shape index (κ2) is 8.19. The van der Waals surface area contributed by atoms with Crippen LogP contribution in [0.1, 0.15) is 37.0 Å². The fraction of sp³-hybridized carbons (Fsp3) is 0.467. The Hall–Kier alpha value is -2.04. The van der Waals surface area contributed by atoms with Gasteiger partial charge in [-0.25, -0.2) is 0 Å². The zero-order chi connectivity index (χ0) is 15.0. The summed E-state index contributed by atoms with van der Waals surface area (Å²) in [6.45, 7) is 5.23. The van der Waals surface area contributed by atoms with Gasteiger partial charge >= 0.3 is 0 Å². The van der Waals surface area contributed by atoms with Crippen LogP contribution in [0.15, 0.2) is 24.3 Å². The van der Waals surface area contributed by atoms with E-state index in [9.17, 15) is 9.59 Å². The number of rotatable bonds is 7. The Morgan fingerprint density at radius 1 is 1.25 bits per heavy atom. The Bertz CT molecular complexity index is 460. The fourth-order valence-corrected chi connectivity index (χ4v) is 1.87. The van der Waals surface area contributed by atoms with E-state index >= 15 is 0 Å². The number of carbonyl (C=O) groups is 2. The van der Waals surface area contributed by atoms with Crippen LogP contribution in [0.4, 0.5) is 5.69 Å². The lowest BCUT2D eigenvalue weighted by molar-refractivity contribution is -0.121. The van der Waals surface area contributed by atoms with E-state index in [2.05, 4.69) is 5.32 Å². The van der Waals surface area contributed by atoms with Gasteiger partial charge in [-0.1, -0.05) is 19.9 Å². The minimum Gasteiger partial charge on any atom is -0.399 e. The summed E-state index contributed by atoms with van der Waals surface area (Å²) in [6.07, 6.45) is 1.68. The highest BCUT2D eigenvalue weighted by molar-refractivity contribution is 5.97. The van der Waals surface area contributed by atoms with Gasteiger partial charge in [-0.15, -0.1) is 0 Å². The van der Waals surface area contributed by atoms with Gasteiger partial charge in [-0.3, -0.25) is 9.59 Å². The Balaban J connectivity index is 2.74. The van der Waals surface area contributed by atoms with Crippen molar-refractivity contribution in [1.29, 1.82) is 0 Å². The Labute approximate surface area is 120 Å². The second-order valence-electron chi connectivity index (χ2n) is 4.70. The highest BCUT2D eigenvalue weighted by Gasteiger charge is 2.17. The third kappa shape index (κ3) is 4.91. The predicted octanol–water partition coefficient (Wildman–Crippen LogP) is 1.65. The van der Waals surface area contributed by atoms with Crippen LogP contribution in [-0.4, -0.2) is 36.3 Å². The van der Waals surface area contributed by atoms with Gasteiger partial charge in [0.15, 0.2) is 0 Å². The van der Waals surface area contributed by atoms with Crippen LogP contribution in [0, 0.1) is 0 Å². The second-order valence-corrected chi connectivity index (χ2v) is 4.70. The van der Waals surface area contributed by atoms with Crippen molar-refractivity contribution in [1.82, 2.24) is 10.2 Å². The number of nitrogens with one attached hydrogen (secondary N) is 1. The number of hydrogen-bond donors (Lipinski definition) is 2. The number of anilines is 1. The van der Waals surface area contributed by atoms with Gasteiger partial charge in [0.2, 0.25) is 5.91 Å². The van der Waals surface area contributed by atoms with E-state index in [0.29, 0.717) is 24.3 Å². The minimum atomic E-state index is -0.161. The van der Waals surface area contributed by atoms with Crippen LogP contribution in [-0.2, 0) is 4.79 Å². The first-order chi connectivity index (χ1) is 9.58. The standard InChI is InChI=1S/C15H23N3O2/c1-3-8-17-14(19)11-18(9-4-2)15(20)12-6-5-7-13(16)10-12/h5-7,10H,3-4,8-9,11,16H2,1-2H3,(H,17,19). The van der Waals surface area contributed by atoms with Gasteiger partial charge in [0.1, 0.15) is 0 Å². The molecule has 5 nitrogen and oxygen atoms in total. The molecular weight excluding hydrogens is 254 g/mol. The number of nitrogens with two attached hydrogens (primary N) is 1. The van der Waals surface area contributed by atoms with Crippen LogP contribution in [0.25, 0.3) is 0 Å². The van der Waals surface area contributed by atoms with Gasteiger partial charge in [-0.05, 0) is 31.0 Å². The molecular formula is C15H23N3O2. The van der Waals surface area contributed by atoms with Gasteiger partial charge in [-0.2, -0.15) is 0 Å². The first-order valence-electron chi connectivity index (χ1n) is 7.00. The smallest absolute Gasteiger partial charge is 0.254 e. The monoisotopic (exact) mass is 277 g/mol. The Morgan fingerprint density at radius 2 is 2.00 bits per heavy atom.